The monoisotopic (exact) mass is 492 g/mol. The van der Waals surface area contributed by atoms with Crippen molar-refractivity contribution in [2.45, 2.75) is 47.5 Å². The van der Waals surface area contributed by atoms with E-state index in [9.17, 15) is 0 Å². The van der Waals surface area contributed by atoms with Crippen LogP contribution in [0.4, 0.5) is 0 Å². The van der Waals surface area contributed by atoms with Crippen LogP contribution in [0.3, 0.4) is 0 Å². The van der Waals surface area contributed by atoms with Gasteiger partial charge in [0.15, 0.2) is 0 Å². The first-order valence-corrected chi connectivity index (χ1v) is 13.7. The number of benzene rings is 2. The molecule has 2 aromatic carbocycles. The lowest BCUT2D eigenvalue weighted by Gasteiger charge is -2.31. The Balaban J connectivity index is 1.43. The van der Waals surface area contributed by atoms with Crippen LogP contribution < -0.4 is 0 Å². The van der Waals surface area contributed by atoms with Gasteiger partial charge in [-0.2, -0.15) is 0 Å². The van der Waals surface area contributed by atoms with Crippen LogP contribution in [0, 0.1) is 41.9 Å². The quantitative estimate of drug-likeness (QED) is 0.244. The van der Waals surface area contributed by atoms with Crippen molar-refractivity contribution in [3.8, 4) is 33.4 Å². The van der Waals surface area contributed by atoms with Gasteiger partial charge in [0.2, 0.25) is 0 Å². The lowest BCUT2D eigenvalue weighted by molar-refractivity contribution is 0.237. The van der Waals surface area contributed by atoms with Crippen LogP contribution in [0.25, 0.3) is 9.75 Å². The van der Waals surface area contributed by atoms with Gasteiger partial charge in [-0.05, 0) is 85.5 Å². The summed E-state index contributed by atoms with van der Waals surface area (Å²) in [4.78, 5) is 4.70. The van der Waals surface area contributed by atoms with E-state index in [4.69, 9.17) is 0 Å². The molecular weight excluding hydrogens is 460 g/mol. The van der Waals surface area contributed by atoms with Crippen molar-refractivity contribution < 1.29 is 0 Å². The molecule has 0 fully saturated rings. The highest BCUT2D eigenvalue weighted by Crippen LogP contribution is 2.34. The van der Waals surface area contributed by atoms with Crippen molar-refractivity contribution in [3.05, 3.63) is 105 Å². The van der Waals surface area contributed by atoms with Crippen LogP contribution in [0.15, 0.2) is 72.8 Å². The third kappa shape index (κ3) is 6.99. The Morgan fingerprint density at radius 2 is 1.17 bits per heavy atom. The highest BCUT2D eigenvalue weighted by molar-refractivity contribution is 7.22. The number of hydrogen-bond donors (Lipinski definition) is 0. The Hall–Kier alpha value is -3.04. The van der Waals surface area contributed by atoms with E-state index in [0.29, 0.717) is 5.92 Å². The van der Waals surface area contributed by atoms with Gasteiger partial charge in [-0.3, -0.25) is 0 Å². The predicted molar refractivity (Wildman–Crippen MR) is 154 cm³/mol. The highest BCUT2D eigenvalue weighted by atomic mass is 32.1. The molecule has 176 valence electrons. The van der Waals surface area contributed by atoms with Crippen molar-refractivity contribution in [2.75, 3.05) is 0 Å². The first-order chi connectivity index (χ1) is 16.8. The topological polar surface area (TPSA) is 0 Å². The maximum Gasteiger partial charge on any atom is 0.0779 e. The number of thiophene rings is 2. The molecule has 2 aromatic heterocycles. The van der Waals surface area contributed by atoms with E-state index < -0.39 is 0 Å². The standard InChI is InChI=1S/C33H32S2/c1-6-7-29-18-20-31(34-29)32-21-19-30(35-32)17-16-25-12-14-27(15-13-25)23-28(33(3,4)5)22-26-10-8-24(2)9-11-26/h8-15,18-21,28H,22-23H2,1-5H3. The molecule has 0 aliphatic heterocycles. The minimum absolute atomic E-state index is 0.243. The molecule has 1 atom stereocenters. The second kappa shape index (κ2) is 11.1. The van der Waals surface area contributed by atoms with Crippen molar-refractivity contribution in [1.82, 2.24) is 0 Å². The van der Waals surface area contributed by atoms with E-state index in [1.54, 1.807) is 22.7 Å². The third-order valence-electron chi connectivity index (χ3n) is 6.30. The summed E-state index contributed by atoms with van der Waals surface area (Å²) >= 11 is 3.48. The fraction of sp³-hybridized carbons (Fsp3) is 0.273. The van der Waals surface area contributed by atoms with Gasteiger partial charge in [0.25, 0.3) is 0 Å². The fourth-order valence-corrected chi connectivity index (χ4v) is 5.89. The van der Waals surface area contributed by atoms with Crippen LogP contribution in [-0.4, -0.2) is 0 Å². The molecule has 35 heavy (non-hydrogen) atoms. The van der Waals surface area contributed by atoms with Crippen LogP contribution in [0.5, 0.6) is 0 Å². The highest BCUT2D eigenvalue weighted by Gasteiger charge is 2.25. The summed E-state index contributed by atoms with van der Waals surface area (Å²) < 4.78 is 0. The van der Waals surface area contributed by atoms with Crippen molar-refractivity contribution in [2.24, 2.45) is 11.3 Å². The van der Waals surface area contributed by atoms with Gasteiger partial charge >= 0.3 is 0 Å². The van der Waals surface area contributed by atoms with Gasteiger partial charge in [-0.1, -0.05) is 80.5 Å². The summed E-state index contributed by atoms with van der Waals surface area (Å²) in [5.74, 6) is 13.4. The first kappa shape index (κ1) is 25.1. The minimum atomic E-state index is 0.243. The SMILES string of the molecule is CC#Cc1ccc(-c2ccc(C#Cc3ccc(CC(Cc4ccc(C)cc4)C(C)(C)C)cc3)s2)s1. The normalized spacial score (nSPS) is 11.8. The average molecular weight is 493 g/mol. The molecule has 1 unspecified atom stereocenters. The number of rotatable bonds is 5. The molecule has 2 heterocycles. The Labute approximate surface area is 219 Å². The number of hydrogen-bond acceptors (Lipinski definition) is 2. The van der Waals surface area contributed by atoms with E-state index in [2.05, 4.69) is 124 Å². The molecule has 0 saturated carbocycles. The third-order valence-corrected chi connectivity index (χ3v) is 8.49. The van der Waals surface area contributed by atoms with Gasteiger partial charge < -0.3 is 0 Å². The molecule has 0 aliphatic rings. The van der Waals surface area contributed by atoms with E-state index in [1.165, 1.54) is 26.4 Å². The van der Waals surface area contributed by atoms with Crippen molar-refractivity contribution >= 4 is 22.7 Å². The van der Waals surface area contributed by atoms with Gasteiger partial charge in [-0.25, -0.2) is 0 Å². The molecule has 0 bridgehead atoms. The summed E-state index contributed by atoms with van der Waals surface area (Å²) in [5.41, 5.74) is 5.42. The molecule has 0 N–H and O–H groups in total. The lowest BCUT2D eigenvalue weighted by Crippen LogP contribution is -2.25. The maximum atomic E-state index is 3.35. The molecular formula is C33H32S2. The molecule has 4 rings (SSSR count). The molecule has 0 saturated heterocycles. The van der Waals surface area contributed by atoms with E-state index in [1.807, 2.05) is 6.92 Å². The Bertz CT molecular complexity index is 1380. The summed E-state index contributed by atoms with van der Waals surface area (Å²) in [6.45, 7) is 11.1. The predicted octanol–water partition coefficient (Wildman–Crippen LogP) is 9.00. The van der Waals surface area contributed by atoms with E-state index in [-0.39, 0.29) is 5.41 Å². The first-order valence-electron chi connectivity index (χ1n) is 12.1. The van der Waals surface area contributed by atoms with Crippen LogP contribution in [0.2, 0.25) is 0 Å². The second-order valence-corrected chi connectivity index (χ2v) is 12.3. The van der Waals surface area contributed by atoms with E-state index >= 15 is 0 Å². The number of aryl methyl sites for hydroxylation is 1. The van der Waals surface area contributed by atoms with Gasteiger partial charge in [0, 0.05) is 15.3 Å². The van der Waals surface area contributed by atoms with Crippen LogP contribution in [0.1, 0.15) is 59.7 Å². The smallest absolute Gasteiger partial charge is 0.0779 e. The Kier molecular flexibility index (Phi) is 7.97. The van der Waals surface area contributed by atoms with E-state index in [0.717, 1.165) is 28.2 Å². The minimum Gasteiger partial charge on any atom is -0.126 e. The maximum absolute atomic E-state index is 3.35. The van der Waals surface area contributed by atoms with Gasteiger partial charge in [0.05, 0.1) is 9.75 Å². The summed E-state index contributed by atoms with van der Waals surface area (Å²) in [7, 11) is 0. The second-order valence-electron chi connectivity index (χ2n) is 10.1. The van der Waals surface area contributed by atoms with Gasteiger partial charge in [-0.15, -0.1) is 28.6 Å². The molecule has 2 heteroatoms. The summed E-state index contributed by atoms with van der Waals surface area (Å²) in [5, 5.41) is 0. The van der Waals surface area contributed by atoms with Crippen molar-refractivity contribution in [1.29, 1.82) is 0 Å². The Morgan fingerprint density at radius 1 is 0.657 bits per heavy atom. The molecule has 4 aromatic rings. The zero-order valence-corrected chi connectivity index (χ0v) is 22.9. The molecule has 0 amide bonds. The summed E-state index contributed by atoms with van der Waals surface area (Å²) in [6, 6.07) is 26.3. The van der Waals surface area contributed by atoms with Gasteiger partial charge in [0.1, 0.15) is 0 Å². The van der Waals surface area contributed by atoms with Crippen molar-refractivity contribution in [3.63, 3.8) is 0 Å². The van der Waals surface area contributed by atoms with Crippen LogP contribution in [-0.2, 0) is 12.8 Å². The summed E-state index contributed by atoms with van der Waals surface area (Å²) in [6.07, 6.45) is 2.17. The molecule has 0 radical (unpaired) electrons. The lowest BCUT2D eigenvalue weighted by atomic mass is 9.74. The fourth-order valence-electron chi connectivity index (χ4n) is 4.03. The molecule has 0 nitrogen and oxygen atoms in total. The zero-order valence-electron chi connectivity index (χ0n) is 21.2. The average Bonchev–Trinajstić information content (AvgIpc) is 3.49. The largest absolute Gasteiger partial charge is 0.126 e. The molecule has 0 aliphatic carbocycles. The zero-order chi connectivity index (χ0) is 24.8. The van der Waals surface area contributed by atoms with Crippen LogP contribution >= 0.6 is 22.7 Å². The Morgan fingerprint density at radius 3 is 1.69 bits per heavy atom. The molecule has 0 spiro atoms.